The Labute approximate surface area is 128 Å². The van der Waals surface area contributed by atoms with Crippen LogP contribution >= 0.6 is 11.6 Å². The van der Waals surface area contributed by atoms with Gasteiger partial charge in [-0.2, -0.15) is 0 Å². The van der Waals surface area contributed by atoms with Crippen LogP contribution < -0.4 is 4.74 Å². The maximum atomic E-state index is 12.2. The predicted molar refractivity (Wildman–Crippen MR) is 75.2 cm³/mol. The minimum atomic E-state index is -4.80. The van der Waals surface area contributed by atoms with Crippen molar-refractivity contribution in [3.05, 3.63) is 47.0 Å². The molecule has 0 spiro atoms. The Morgan fingerprint density at radius 3 is 2.50 bits per heavy atom. The lowest BCUT2D eigenvalue weighted by atomic mass is 10.0. The quantitative estimate of drug-likeness (QED) is 0.821. The smallest absolute Gasteiger partial charge is 0.506 e. The monoisotopic (exact) mass is 330 g/mol. The average Bonchev–Trinajstić information content (AvgIpc) is 2.39. The summed E-state index contributed by atoms with van der Waals surface area (Å²) >= 11 is 6.00. The third-order valence-corrected chi connectivity index (χ3v) is 3.26. The number of carbonyl (C=O) groups excluding carboxylic acids is 1. The number of aromatic hydroxyl groups is 1. The zero-order valence-electron chi connectivity index (χ0n) is 11.2. The number of halogens is 4. The maximum Gasteiger partial charge on any atom is 0.573 e. The highest BCUT2D eigenvalue weighted by atomic mass is 35.5. The van der Waals surface area contributed by atoms with Gasteiger partial charge in [-0.15, -0.1) is 13.2 Å². The highest BCUT2D eigenvalue weighted by Gasteiger charge is 2.31. The molecule has 0 saturated carbocycles. The lowest BCUT2D eigenvalue weighted by Crippen LogP contribution is -2.17. The zero-order valence-corrected chi connectivity index (χ0v) is 12.0. The summed E-state index contributed by atoms with van der Waals surface area (Å²) in [5.74, 6) is -1.19. The summed E-state index contributed by atoms with van der Waals surface area (Å²) in [6, 6.07) is 7.97. The van der Waals surface area contributed by atoms with Crippen LogP contribution in [0.15, 0.2) is 36.4 Å². The number of ether oxygens (including phenoxy) is 1. The van der Waals surface area contributed by atoms with Crippen molar-refractivity contribution in [2.75, 3.05) is 0 Å². The minimum absolute atomic E-state index is 0.0384. The lowest BCUT2D eigenvalue weighted by Gasteiger charge is -2.12. The van der Waals surface area contributed by atoms with E-state index in [1.807, 2.05) is 0 Å². The van der Waals surface area contributed by atoms with Gasteiger partial charge in [0.25, 0.3) is 0 Å². The summed E-state index contributed by atoms with van der Waals surface area (Å²) in [6.07, 6.45) is -4.80. The topological polar surface area (TPSA) is 46.5 Å². The molecule has 2 aromatic rings. The summed E-state index contributed by atoms with van der Waals surface area (Å²) in [5, 5.41) is 9.79. The Hall–Kier alpha value is -2.21. The van der Waals surface area contributed by atoms with Crippen LogP contribution in [0.3, 0.4) is 0 Å². The van der Waals surface area contributed by atoms with Crippen molar-refractivity contribution in [3.63, 3.8) is 0 Å². The third-order valence-electron chi connectivity index (χ3n) is 2.87. The molecule has 2 aromatic carbocycles. The molecule has 22 heavy (non-hydrogen) atoms. The number of hydrogen-bond acceptors (Lipinski definition) is 3. The van der Waals surface area contributed by atoms with Gasteiger partial charge in [0.1, 0.15) is 11.5 Å². The van der Waals surface area contributed by atoms with Crippen LogP contribution in [0.5, 0.6) is 11.5 Å². The number of carbonyl (C=O) groups is 1. The van der Waals surface area contributed by atoms with Crippen molar-refractivity contribution in [1.29, 1.82) is 0 Å². The second-order valence-electron chi connectivity index (χ2n) is 4.46. The molecule has 0 bridgehead atoms. The first-order valence-corrected chi connectivity index (χ1v) is 6.45. The van der Waals surface area contributed by atoms with Crippen molar-refractivity contribution in [2.45, 2.75) is 13.3 Å². The molecule has 0 aliphatic carbocycles. The Balaban J connectivity index is 2.47. The summed E-state index contributed by atoms with van der Waals surface area (Å²) in [6.45, 7) is 1.27. The Kier molecular flexibility index (Phi) is 4.32. The maximum absolute atomic E-state index is 12.2. The summed E-state index contributed by atoms with van der Waals surface area (Å²) in [7, 11) is 0. The average molecular weight is 331 g/mol. The molecule has 116 valence electrons. The molecule has 7 heteroatoms. The molecule has 2 rings (SSSR count). The van der Waals surface area contributed by atoms with Crippen LogP contribution in [0, 0.1) is 0 Å². The Morgan fingerprint density at radius 2 is 1.91 bits per heavy atom. The van der Waals surface area contributed by atoms with E-state index >= 15 is 0 Å². The molecule has 1 N–H and O–H groups in total. The predicted octanol–water partition coefficient (Wildman–Crippen LogP) is 4.81. The van der Waals surface area contributed by atoms with Gasteiger partial charge in [-0.1, -0.05) is 29.8 Å². The van der Waals surface area contributed by atoms with E-state index in [1.54, 1.807) is 0 Å². The molecule has 0 radical (unpaired) electrons. The molecule has 0 fully saturated rings. The van der Waals surface area contributed by atoms with Crippen molar-refractivity contribution in [2.24, 2.45) is 0 Å². The SMILES string of the molecule is CC(=O)c1ccc(-c2cccc(OC(F)(F)F)c2)c(Cl)c1O. The minimum Gasteiger partial charge on any atom is -0.506 e. The fourth-order valence-corrected chi connectivity index (χ4v) is 2.21. The van der Waals surface area contributed by atoms with Crippen LogP contribution in [0.25, 0.3) is 11.1 Å². The van der Waals surface area contributed by atoms with Crippen molar-refractivity contribution in [3.8, 4) is 22.6 Å². The molecule has 0 amide bonds. The molecule has 0 atom stereocenters. The van der Waals surface area contributed by atoms with Gasteiger partial charge in [-0.25, -0.2) is 0 Å². The van der Waals surface area contributed by atoms with Crippen LogP contribution in [-0.4, -0.2) is 17.3 Å². The van der Waals surface area contributed by atoms with Gasteiger partial charge in [0.15, 0.2) is 5.78 Å². The van der Waals surface area contributed by atoms with E-state index in [0.29, 0.717) is 5.56 Å². The lowest BCUT2D eigenvalue weighted by molar-refractivity contribution is -0.274. The Bertz CT molecular complexity index is 726. The second-order valence-corrected chi connectivity index (χ2v) is 4.83. The van der Waals surface area contributed by atoms with Gasteiger partial charge in [0.05, 0.1) is 10.6 Å². The van der Waals surface area contributed by atoms with Gasteiger partial charge >= 0.3 is 6.36 Å². The number of rotatable bonds is 3. The molecule has 0 saturated heterocycles. The van der Waals surface area contributed by atoms with E-state index in [1.165, 1.54) is 31.2 Å². The van der Waals surface area contributed by atoms with Crippen LogP contribution in [0.4, 0.5) is 13.2 Å². The molecule has 0 aliphatic heterocycles. The van der Waals surface area contributed by atoms with Gasteiger partial charge in [-0.05, 0) is 30.7 Å². The second kappa shape index (κ2) is 5.88. The Morgan fingerprint density at radius 1 is 1.23 bits per heavy atom. The van der Waals surface area contributed by atoms with E-state index in [4.69, 9.17) is 11.6 Å². The van der Waals surface area contributed by atoms with Gasteiger partial charge in [0.2, 0.25) is 0 Å². The highest BCUT2D eigenvalue weighted by molar-refractivity contribution is 6.35. The summed E-state index contributed by atoms with van der Waals surface area (Å²) in [4.78, 5) is 11.3. The normalized spacial score (nSPS) is 11.3. The van der Waals surface area contributed by atoms with Gasteiger partial charge in [-0.3, -0.25) is 4.79 Å². The molecule has 0 aliphatic rings. The van der Waals surface area contributed by atoms with Crippen LogP contribution in [0.2, 0.25) is 5.02 Å². The first-order chi connectivity index (χ1) is 10.2. The molecule has 0 unspecified atom stereocenters. The zero-order chi connectivity index (χ0) is 16.5. The fourth-order valence-electron chi connectivity index (χ4n) is 1.93. The highest BCUT2D eigenvalue weighted by Crippen LogP contribution is 2.38. The van der Waals surface area contributed by atoms with Crippen LogP contribution in [-0.2, 0) is 0 Å². The standard InChI is InChI=1S/C15H10ClF3O3/c1-8(20)11-5-6-12(13(16)14(11)21)9-3-2-4-10(7-9)22-15(17,18)19/h2-7,21H,1H3. The number of Topliss-reactive ketones (excluding diaryl/α,β-unsaturated/α-hetero) is 1. The number of benzene rings is 2. The van der Waals surface area contributed by atoms with Crippen molar-refractivity contribution < 1.29 is 27.8 Å². The third kappa shape index (κ3) is 3.51. The number of phenolic OH excluding ortho intramolecular Hbond substituents is 1. The van der Waals surface area contributed by atoms with Gasteiger partial charge < -0.3 is 9.84 Å². The first kappa shape index (κ1) is 16.2. The number of hydrogen-bond donors (Lipinski definition) is 1. The summed E-state index contributed by atoms with van der Waals surface area (Å²) < 4.78 is 40.5. The largest absolute Gasteiger partial charge is 0.573 e. The van der Waals surface area contributed by atoms with Crippen molar-refractivity contribution in [1.82, 2.24) is 0 Å². The van der Waals surface area contributed by atoms with Gasteiger partial charge in [0, 0.05) is 5.56 Å². The van der Waals surface area contributed by atoms with E-state index < -0.39 is 17.9 Å². The fraction of sp³-hybridized carbons (Fsp3) is 0.133. The van der Waals surface area contributed by atoms with E-state index in [0.717, 1.165) is 12.1 Å². The van der Waals surface area contributed by atoms with Crippen LogP contribution in [0.1, 0.15) is 17.3 Å². The molecular formula is C15H10ClF3O3. The van der Waals surface area contributed by atoms with E-state index in [9.17, 15) is 23.1 Å². The number of ketones is 1. The van der Waals surface area contributed by atoms with E-state index in [-0.39, 0.29) is 21.9 Å². The molecular weight excluding hydrogens is 321 g/mol. The van der Waals surface area contributed by atoms with Crippen molar-refractivity contribution >= 4 is 17.4 Å². The molecule has 0 heterocycles. The van der Waals surface area contributed by atoms with E-state index in [2.05, 4.69) is 4.74 Å². The number of alkyl halides is 3. The first-order valence-electron chi connectivity index (χ1n) is 6.07. The number of phenols is 1. The molecule has 3 nitrogen and oxygen atoms in total. The summed E-state index contributed by atoms with van der Waals surface area (Å²) in [5.41, 5.74) is 0.644. The molecule has 0 aromatic heterocycles.